The van der Waals surface area contributed by atoms with Crippen LogP contribution in [0.1, 0.15) is 38.6 Å². The van der Waals surface area contributed by atoms with E-state index in [0.29, 0.717) is 17.5 Å². The highest BCUT2D eigenvalue weighted by atomic mass is 16.5. The van der Waals surface area contributed by atoms with Crippen LogP contribution in [0.2, 0.25) is 0 Å². The highest BCUT2D eigenvalue weighted by Gasteiger charge is 2.68. The first-order valence-electron chi connectivity index (χ1n) is 7.01. The molecular weight excluding hydrogens is 264 g/mol. The number of fused-ring (bicyclic) bond motifs is 1. The fourth-order valence-electron chi connectivity index (χ4n) is 3.47. The summed E-state index contributed by atoms with van der Waals surface area (Å²) in [5, 5.41) is 0. The van der Waals surface area contributed by atoms with Crippen molar-refractivity contribution in [3.05, 3.63) is 65.2 Å². The van der Waals surface area contributed by atoms with E-state index in [1.54, 1.807) is 19.2 Å². The Morgan fingerprint density at radius 2 is 1.52 bits per heavy atom. The molecule has 0 amide bonds. The summed E-state index contributed by atoms with van der Waals surface area (Å²) in [6.07, 6.45) is 0.617. The Balaban J connectivity index is 1.72. The van der Waals surface area contributed by atoms with Crippen molar-refractivity contribution < 1.29 is 14.3 Å². The predicted octanol–water partition coefficient (Wildman–Crippen LogP) is 3.25. The van der Waals surface area contributed by atoms with E-state index in [-0.39, 0.29) is 17.5 Å². The molecule has 3 nitrogen and oxygen atoms in total. The van der Waals surface area contributed by atoms with Crippen LogP contribution in [0.5, 0.6) is 5.75 Å². The monoisotopic (exact) mass is 278 g/mol. The number of carbonyl (C=O) groups excluding carboxylic acids is 2. The normalized spacial score (nSPS) is 21.5. The Kier molecular flexibility index (Phi) is 2.37. The SMILES string of the molecule is COc1ccc(C2CC23C(=O)c2ccccc2C3=O)cc1. The van der Waals surface area contributed by atoms with E-state index in [1.165, 1.54) is 0 Å². The van der Waals surface area contributed by atoms with Crippen molar-refractivity contribution in [3.8, 4) is 5.75 Å². The molecule has 4 rings (SSSR count). The second-order valence-electron chi connectivity index (χ2n) is 5.71. The van der Waals surface area contributed by atoms with Crippen molar-refractivity contribution in [2.24, 2.45) is 5.41 Å². The third-order valence-electron chi connectivity index (χ3n) is 4.71. The Morgan fingerprint density at radius 3 is 2.05 bits per heavy atom. The summed E-state index contributed by atoms with van der Waals surface area (Å²) in [7, 11) is 1.62. The summed E-state index contributed by atoms with van der Waals surface area (Å²) in [5.41, 5.74) is 1.36. The minimum Gasteiger partial charge on any atom is -0.497 e. The lowest BCUT2D eigenvalue weighted by Crippen LogP contribution is -2.18. The van der Waals surface area contributed by atoms with Crippen LogP contribution >= 0.6 is 0 Å². The van der Waals surface area contributed by atoms with Crippen molar-refractivity contribution in [2.75, 3.05) is 7.11 Å². The van der Waals surface area contributed by atoms with E-state index >= 15 is 0 Å². The van der Waals surface area contributed by atoms with Gasteiger partial charge in [0.05, 0.1) is 7.11 Å². The minimum absolute atomic E-state index is 0.00388. The highest BCUT2D eigenvalue weighted by Crippen LogP contribution is 2.65. The lowest BCUT2D eigenvalue weighted by atomic mass is 9.94. The molecule has 0 aromatic heterocycles. The van der Waals surface area contributed by atoms with Gasteiger partial charge in [0.15, 0.2) is 11.6 Å². The van der Waals surface area contributed by atoms with Gasteiger partial charge in [-0.25, -0.2) is 0 Å². The quantitative estimate of drug-likeness (QED) is 0.792. The van der Waals surface area contributed by atoms with Crippen molar-refractivity contribution in [1.29, 1.82) is 0 Å². The lowest BCUT2D eigenvalue weighted by Gasteiger charge is -2.07. The topological polar surface area (TPSA) is 43.4 Å². The van der Waals surface area contributed by atoms with E-state index in [0.717, 1.165) is 11.3 Å². The van der Waals surface area contributed by atoms with Crippen LogP contribution in [0.4, 0.5) is 0 Å². The van der Waals surface area contributed by atoms with Gasteiger partial charge < -0.3 is 4.74 Å². The number of Topliss-reactive ketones (excluding diaryl/α,β-unsaturated/α-hetero) is 2. The third-order valence-corrected chi connectivity index (χ3v) is 4.71. The fourth-order valence-corrected chi connectivity index (χ4v) is 3.47. The summed E-state index contributed by atoms with van der Waals surface area (Å²) in [5.74, 6) is 0.754. The minimum atomic E-state index is -0.835. The molecule has 0 radical (unpaired) electrons. The van der Waals surface area contributed by atoms with E-state index in [4.69, 9.17) is 4.74 Å². The predicted molar refractivity (Wildman–Crippen MR) is 77.9 cm³/mol. The van der Waals surface area contributed by atoms with Gasteiger partial charge in [0.2, 0.25) is 0 Å². The number of hydrogen-bond donors (Lipinski definition) is 0. The molecule has 1 atom stereocenters. The van der Waals surface area contributed by atoms with Crippen LogP contribution in [-0.4, -0.2) is 18.7 Å². The number of carbonyl (C=O) groups is 2. The first-order chi connectivity index (χ1) is 10.2. The number of ether oxygens (including phenoxy) is 1. The van der Waals surface area contributed by atoms with Gasteiger partial charge in [-0.15, -0.1) is 0 Å². The molecule has 0 aliphatic heterocycles. The van der Waals surface area contributed by atoms with Gasteiger partial charge in [0.1, 0.15) is 11.2 Å². The van der Waals surface area contributed by atoms with Gasteiger partial charge >= 0.3 is 0 Å². The summed E-state index contributed by atoms with van der Waals surface area (Å²) < 4.78 is 5.15. The molecule has 2 aliphatic carbocycles. The molecule has 2 aliphatic rings. The molecule has 1 saturated carbocycles. The van der Waals surface area contributed by atoms with E-state index in [2.05, 4.69) is 0 Å². The zero-order chi connectivity index (χ0) is 14.6. The summed E-state index contributed by atoms with van der Waals surface area (Å²) in [6, 6.07) is 14.8. The van der Waals surface area contributed by atoms with E-state index < -0.39 is 5.41 Å². The van der Waals surface area contributed by atoms with Crippen molar-refractivity contribution in [3.63, 3.8) is 0 Å². The summed E-state index contributed by atoms with van der Waals surface area (Å²) in [6.45, 7) is 0. The van der Waals surface area contributed by atoms with Crippen LogP contribution in [0, 0.1) is 5.41 Å². The van der Waals surface area contributed by atoms with Crippen molar-refractivity contribution in [1.82, 2.24) is 0 Å². The first-order valence-corrected chi connectivity index (χ1v) is 7.01. The maximum atomic E-state index is 12.7. The average molecular weight is 278 g/mol. The molecule has 3 heteroatoms. The third kappa shape index (κ3) is 1.49. The van der Waals surface area contributed by atoms with Crippen LogP contribution < -0.4 is 4.74 Å². The molecule has 0 saturated heterocycles. The van der Waals surface area contributed by atoms with Crippen molar-refractivity contribution in [2.45, 2.75) is 12.3 Å². The zero-order valence-electron chi connectivity index (χ0n) is 11.6. The number of methoxy groups -OCH3 is 1. The molecule has 1 fully saturated rings. The van der Waals surface area contributed by atoms with Crippen LogP contribution in [0.25, 0.3) is 0 Å². The molecule has 104 valence electrons. The summed E-state index contributed by atoms with van der Waals surface area (Å²) >= 11 is 0. The van der Waals surface area contributed by atoms with Gasteiger partial charge in [-0.3, -0.25) is 9.59 Å². The Morgan fingerprint density at radius 1 is 0.952 bits per heavy atom. The number of hydrogen-bond acceptors (Lipinski definition) is 3. The average Bonchev–Trinajstić information content (AvgIpc) is 3.26. The molecule has 21 heavy (non-hydrogen) atoms. The van der Waals surface area contributed by atoms with Crippen LogP contribution in [0.15, 0.2) is 48.5 Å². The molecule has 0 bridgehead atoms. The molecule has 0 heterocycles. The van der Waals surface area contributed by atoms with E-state index in [1.807, 2.05) is 36.4 Å². The number of ketones is 2. The second kappa shape index (κ2) is 4.04. The lowest BCUT2D eigenvalue weighted by molar-refractivity contribution is 0.0809. The fraction of sp³-hybridized carbons (Fsp3) is 0.222. The van der Waals surface area contributed by atoms with Gasteiger partial charge in [0.25, 0.3) is 0 Å². The molecule has 1 spiro atoms. The molecule has 1 unspecified atom stereocenters. The number of rotatable bonds is 2. The van der Waals surface area contributed by atoms with Gasteiger partial charge in [-0.2, -0.15) is 0 Å². The Hall–Kier alpha value is -2.42. The second-order valence-corrected chi connectivity index (χ2v) is 5.71. The standard InChI is InChI=1S/C18H14O3/c1-21-12-8-6-11(7-9-12)15-10-18(15)16(19)13-4-2-3-5-14(13)17(18)20/h2-9,15H,10H2,1H3. The zero-order valence-corrected chi connectivity index (χ0v) is 11.6. The largest absolute Gasteiger partial charge is 0.497 e. The maximum Gasteiger partial charge on any atom is 0.178 e. The van der Waals surface area contributed by atoms with Crippen molar-refractivity contribution >= 4 is 11.6 Å². The number of benzene rings is 2. The summed E-state index contributed by atoms with van der Waals surface area (Å²) in [4.78, 5) is 25.3. The van der Waals surface area contributed by atoms with Gasteiger partial charge in [0, 0.05) is 17.0 Å². The van der Waals surface area contributed by atoms with E-state index in [9.17, 15) is 9.59 Å². The molecule has 2 aromatic rings. The Labute approximate surface area is 122 Å². The first kappa shape index (κ1) is 12.3. The van der Waals surface area contributed by atoms with Crippen LogP contribution in [0.3, 0.4) is 0 Å². The highest BCUT2D eigenvalue weighted by molar-refractivity contribution is 6.32. The molecule has 0 N–H and O–H groups in total. The molecule has 2 aromatic carbocycles. The maximum absolute atomic E-state index is 12.7. The van der Waals surface area contributed by atoms with Gasteiger partial charge in [-0.05, 0) is 24.1 Å². The van der Waals surface area contributed by atoms with Gasteiger partial charge in [-0.1, -0.05) is 36.4 Å². The smallest absolute Gasteiger partial charge is 0.178 e. The molecular formula is C18H14O3. The Bertz CT molecular complexity index is 723. The van der Waals surface area contributed by atoms with Crippen LogP contribution in [-0.2, 0) is 0 Å².